The van der Waals surface area contributed by atoms with Crippen LogP contribution in [0.3, 0.4) is 0 Å². The first-order valence-electron chi connectivity index (χ1n) is 11.9. The third-order valence-electron chi connectivity index (χ3n) is 6.83. The fourth-order valence-corrected chi connectivity index (χ4v) is 5.81. The van der Waals surface area contributed by atoms with Crippen LogP contribution in [-0.4, -0.2) is 34.6 Å². The number of carbonyl (C=O) groups is 1. The molecule has 174 valence electrons. The Morgan fingerprint density at radius 2 is 1.88 bits per heavy atom. The third-order valence-corrected chi connectivity index (χ3v) is 7.72. The number of amides is 1. The molecule has 3 aromatic rings. The van der Waals surface area contributed by atoms with E-state index in [-0.39, 0.29) is 23.2 Å². The Labute approximate surface area is 196 Å². The summed E-state index contributed by atoms with van der Waals surface area (Å²) in [5, 5.41) is 5.15. The van der Waals surface area contributed by atoms with E-state index in [2.05, 4.69) is 10.2 Å². The Balaban J connectivity index is 1.42. The first-order chi connectivity index (χ1) is 16.1. The first-order valence-corrected chi connectivity index (χ1v) is 12.7. The van der Waals surface area contributed by atoms with Crippen LogP contribution in [0, 0.1) is 11.7 Å². The van der Waals surface area contributed by atoms with Gasteiger partial charge < -0.3 is 10.2 Å². The largest absolute Gasteiger partial charge is 0.353 e. The van der Waals surface area contributed by atoms with Crippen LogP contribution in [0.5, 0.6) is 0 Å². The highest BCUT2D eigenvalue weighted by Gasteiger charge is 2.30. The van der Waals surface area contributed by atoms with Gasteiger partial charge in [0.05, 0.1) is 18.0 Å². The maximum atomic E-state index is 13.4. The maximum absolute atomic E-state index is 13.4. The monoisotopic (exact) mass is 468 g/mol. The lowest BCUT2D eigenvalue weighted by Gasteiger charge is -2.35. The molecule has 0 unspecified atom stereocenters. The predicted molar refractivity (Wildman–Crippen MR) is 129 cm³/mol. The summed E-state index contributed by atoms with van der Waals surface area (Å²) in [4.78, 5) is 33.3. The quantitative estimate of drug-likeness (QED) is 0.606. The molecule has 2 fully saturated rings. The van der Waals surface area contributed by atoms with Crippen molar-refractivity contribution in [1.82, 2.24) is 14.9 Å². The zero-order chi connectivity index (χ0) is 22.8. The van der Waals surface area contributed by atoms with Crippen LogP contribution < -0.4 is 15.8 Å². The van der Waals surface area contributed by atoms with Crippen LogP contribution in [-0.2, 0) is 11.3 Å². The summed E-state index contributed by atoms with van der Waals surface area (Å²) in [6.45, 7) is 1.60. The molecule has 1 aliphatic heterocycles. The average molecular weight is 469 g/mol. The van der Waals surface area contributed by atoms with E-state index in [0.717, 1.165) is 37.8 Å². The van der Waals surface area contributed by atoms with Crippen molar-refractivity contribution < 1.29 is 9.18 Å². The number of anilines is 1. The first kappa shape index (κ1) is 22.1. The molecule has 1 atom stereocenters. The molecule has 3 heterocycles. The summed E-state index contributed by atoms with van der Waals surface area (Å²) in [6.07, 6.45) is 7.47. The van der Waals surface area contributed by atoms with Crippen molar-refractivity contribution in [2.45, 2.75) is 57.5 Å². The van der Waals surface area contributed by atoms with Gasteiger partial charge in [0, 0.05) is 19.1 Å². The Kier molecular flexibility index (Phi) is 6.44. The smallest absolute Gasteiger partial charge is 0.273 e. The van der Waals surface area contributed by atoms with Gasteiger partial charge in [-0.1, -0.05) is 31.4 Å². The van der Waals surface area contributed by atoms with Crippen molar-refractivity contribution >= 4 is 33.4 Å². The minimum atomic E-state index is -0.305. The van der Waals surface area contributed by atoms with Gasteiger partial charge in [-0.2, -0.15) is 0 Å². The zero-order valence-electron chi connectivity index (χ0n) is 18.6. The molecule has 0 spiro atoms. The van der Waals surface area contributed by atoms with Crippen molar-refractivity contribution in [3.63, 3.8) is 0 Å². The lowest BCUT2D eigenvalue weighted by Crippen LogP contribution is -2.47. The van der Waals surface area contributed by atoms with Gasteiger partial charge in [0.25, 0.3) is 5.56 Å². The number of halogens is 1. The van der Waals surface area contributed by atoms with Crippen LogP contribution in [0.15, 0.2) is 40.5 Å². The molecule has 0 bridgehead atoms. The fourth-order valence-electron chi connectivity index (χ4n) is 5.03. The Bertz CT molecular complexity index is 1180. The summed E-state index contributed by atoms with van der Waals surface area (Å²) < 4.78 is 15.7. The summed E-state index contributed by atoms with van der Waals surface area (Å²) in [7, 11) is 0. The van der Waals surface area contributed by atoms with Crippen molar-refractivity contribution in [2.24, 2.45) is 5.92 Å². The maximum Gasteiger partial charge on any atom is 0.273 e. The molecule has 6 nitrogen and oxygen atoms in total. The number of nitrogens with zero attached hydrogens (tertiary/aromatic N) is 3. The molecule has 5 rings (SSSR count). The molecule has 1 aliphatic carbocycles. The third kappa shape index (κ3) is 4.81. The van der Waals surface area contributed by atoms with Crippen molar-refractivity contribution in [3.05, 3.63) is 57.4 Å². The second-order valence-corrected chi connectivity index (χ2v) is 10.1. The van der Waals surface area contributed by atoms with Crippen LogP contribution in [0.1, 0.15) is 50.5 Å². The summed E-state index contributed by atoms with van der Waals surface area (Å²) in [5.74, 6) is 0.289. The Morgan fingerprint density at radius 1 is 1.09 bits per heavy atom. The lowest BCUT2D eigenvalue weighted by molar-refractivity contribution is -0.126. The summed E-state index contributed by atoms with van der Waals surface area (Å²) in [5.41, 5.74) is 1.42. The van der Waals surface area contributed by atoms with E-state index in [0.29, 0.717) is 35.3 Å². The van der Waals surface area contributed by atoms with Gasteiger partial charge in [0.2, 0.25) is 11.9 Å². The lowest BCUT2D eigenvalue weighted by atomic mass is 9.93. The molecule has 1 N–H and O–H groups in total. The average Bonchev–Trinajstić information content (AvgIpc) is 3.32. The molecule has 2 aliphatic rings. The van der Waals surface area contributed by atoms with E-state index in [4.69, 9.17) is 4.98 Å². The molecular weight excluding hydrogens is 439 g/mol. The summed E-state index contributed by atoms with van der Waals surface area (Å²) >= 11 is 1.38. The number of fused-ring (bicyclic) bond motifs is 1. The van der Waals surface area contributed by atoms with Gasteiger partial charge in [0.15, 0.2) is 0 Å². The molecule has 2 aromatic heterocycles. The van der Waals surface area contributed by atoms with Gasteiger partial charge in [-0.05, 0) is 54.8 Å². The van der Waals surface area contributed by atoms with Crippen molar-refractivity contribution in [3.8, 4) is 0 Å². The minimum absolute atomic E-state index is 0.0943. The number of carbonyl (C=O) groups excluding carboxylic acids is 1. The molecular formula is C25H29FN4O2S. The van der Waals surface area contributed by atoms with E-state index in [1.807, 2.05) is 11.4 Å². The van der Waals surface area contributed by atoms with E-state index < -0.39 is 0 Å². The van der Waals surface area contributed by atoms with Gasteiger partial charge >= 0.3 is 0 Å². The van der Waals surface area contributed by atoms with Crippen LogP contribution in [0.25, 0.3) is 10.2 Å². The van der Waals surface area contributed by atoms with E-state index in [1.54, 1.807) is 16.7 Å². The molecule has 1 saturated heterocycles. The number of hydrogen-bond donors (Lipinski definition) is 1. The summed E-state index contributed by atoms with van der Waals surface area (Å²) in [6, 6.07) is 8.36. The van der Waals surface area contributed by atoms with Crippen LogP contribution >= 0.6 is 11.3 Å². The molecule has 8 heteroatoms. The van der Waals surface area contributed by atoms with E-state index in [1.165, 1.54) is 42.7 Å². The van der Waals surface area contributed by atoms with Crippen molar-refractivity contribution in [1.29, 1.82) is 0 Å². The number of rotatable bonds is 5. The fraction of sp³-hybridized carbons (Fsp3) is 0.480. The number of benzene rings is 1. The van der Waals surface area contributed by atoms with Gasteiger partial charge in [-0.15, -0.1) is 11.3 Å². The molecule has 33 heavy (non-hydrogen) atoms. The SMILES string of the molecule is O=C(NC1CCCCC1)[C@H]1CCCN(c2nc3ccsc3c(=O)n2Cc2ccc(F)cc2)C1. The predicted octanol–water partition coefficient (Wildman–Crippen LogP) is 4.31. The van der Waals surface area contributed by atoms with Crippen LogP contribution in [0.2, 0.25) is 0 Å². The second kappa shape index (κ2) is 9.63. The van der Waals surface area contributed by atoms with Crippen LogP contribution in [0.4, 0.5) is 10.3 Å². The number of thiophene rings is 1. The Hall–Kier alpha value is -2.74. The zero-order valence-corrected chi connectivity index (χ0v) is 19.5. The molecule has 1 saturated carbocycles. The normalized spacial score (nSPS) is 19.7. The number of aromatic nitrogens is 2. The highest BCUT2D eigenvalue weighted by molar-refractivity contribution is 7.17. The standard InChI is InChI=1S/C25H29FN4O2S/c26-19-10-8-17(9-11-19)15-30-24(32)22-21(12-14-33-22)28-25(30)29-13-4-5-18(16-29)23(31)27-20-6-2-1-3-7-20/h8-12,14,18,20H,1-7,13,15-16H2,(H,27,31)/t18-/m0/s1. The molecule has 1 amide bonds. The molecule has 0 radical (unpaired) electrons. The van der Waals surface area contributed by atoms with E-state index >= 15 is 0 Å². The van der Waals surface area contributed by atoms with E-state index in [9.17, 15) is 14.0 Å². The number of hydrogen-bond acceptors (Lipinski definition) is 5. The van der Waals surface area contributed by atoms with Crippen molar-refractivity contribution in [2.75, 3.05) is 18.0 Å². The topological polar surface area (TPSA) is 67.2 Å². The highest BCUT2D eigenvalue weighted by atomic mass is 32.1. The molecule has 1 aromatic carbocycles. The minimum Gasteiger partial charge on any atom is -0.353 e. The van der Waals surface area contributed by atoms with Gasteiger partial charge in [0.1, 0.15) is 10.5 Å². The van der Waals surface area contributed by atoms with Gasteiger partial charge in [-0.25, -0.2) is 9.37 Å². The Morgan fingerprint density at radius 3 is 2.67 bits per heavy atom. The number of piperidine rings is 1. The highest BCUT2D eigenvalue weighted by Crippen LogP contribution is 2.26. The number of nitrogens with one attached hydrogen (secondary N) is 1. The van der Waals surface area contributed by atoms with Gasteiger partial charge in [-0.3, -0.25) is 14.2 Å². The second-order valence-electron chi connectivity index (χ2n) is 9.19.